The second-order valence-corrected chi connectivity index (χ2v) is 9.00. The van der Waals surface area contributed by atoms with Crippen LogP contribution in [0, 0.1) is 17.8 Å². The Hall–Kier alpha value is -0.720. The molecule has 0 aromatic carbocycles. The molecule has 0 saturated heterocycles. The summed E-state index contributed by atoms with van der Waals surface area (Å²) < 4.78 is 0. The van der Waals surface area contributed by atoms with E-state index in [4.69, 9.17) is 0 Å². The molecule has 0 aromatic heterocycles. The van der Waals surface area contributed by atoms with Crippen molar-refractivity contribution in [2.24, 2.45) is 17.8 Å². The monoisotopic (exact) mass is 299 g/mol. The van der Waals surface area contributed by atoms with Crippen LogP contribution >= 0.6 is 0 Å². The molecule has 0 aromatic rings. The van der Waals surface area contributed by atoms with Crippen LogP contribution in [0.2, 0.25) is 0 Å². The minimum Gasteiger partial charge on any atom is -0.379 e. The van der Waals surface area contributed by atoms with Gasteiger partial charge in [0, 0.05) is 5.70 Å². The third-order valence-electron chi connectivity index (χ3n) is 7.07. The fourth-order valence-corrected chi connectivity index (χ4v) is 5.54. The minimum atomic E-state index is 0.357. The first-order chi connectivity index (χ1) is 10.6. The van der Waals surface area contributed by atoms with E-state index in [9.17, 15) is 0 Å². The molecule has 0 bridgehead atoms. The van der Waals surface area contributed by atoms with Crippen LogP contribution in [-0.4, -0.2) is 5.54 Å². The molecule has 122 valence electrons. The topological polar surface area (TPSA) is 12.0 Å². The number of dihydropyridines is 1. The molecule has 1 N–H and O–H groups in total. The molecule has 3 aliphatic carbocycles. The Kier molecular flexibility index (Phi) is 3.66. The third kappa shape index (κ3) is 2.36. The van der Waals surface area contributed by atoms with E-state index in [-0.39, 0.29) is 0 Å². The number of rotatable bonds is 0. The highest BCUT2D eigenvalue weighted by atomic mass is 15.0. The lowest BCUT2D eigenvalue weighted by molar-refractivity contribution is 0.218. The lowest BCUT2D eigenvalue weighted by atomic mass is 9.63. The normalized spacial score (nSPS) is 42.0. The van der Waals surface area contributed by atoms with E-state index in [0.29, 0.717) is 5.54 Å². The quantitative estimate of drug-likeness (QED) is 0.602. The van der Waals surface area contributed by atoms with Gasteiger partial charge in [-0.25, -0.2) is 0 Å². The fourth-order valence-electron chi connectivity index (χ4n) is 5.54. The largest absolute Gasteiger partial charge is 0.379 e. The third-order valence-corrected chi connectivity index (χ3v) is 7.07. The maximum atomic E-state index is 4.15. The van der Waals surface area contributed by atoms with Crippen LogP contribution in [0.25, 0.3) is 0 Å². The lowest BCUT2D eigenvalue weighted by Gasteiger charge is -2.51. The first-order valence-electron chi connectivity index (χ1n) is 9.80. The molecular formula is C21H33N. The van der Waals surface area contributed by atoms with E-state index in [1.165, 1.54) is 64.2 Å². The van der Waals surface area contributed by atoms with E-state index < -0.39 is 0 Å². The summed E-state index contributed by atoms with van der Waals surface area (Å²) in [4.78, 5) is 0. The van der Waals surface area contributed by atoms with Crippen LogP contribution in [0.15, 0.2) is 22.4 Å². The molecule has 1 heteroatoms. The zero-order valence-corrected chi connectivity index (χ0v) is 14.8. The summed E-state index contributed by atoms with van der Waals surface area (Å²) >= 11 is 0. The zero-order valence-electron chi connectivity index (χ0n) is 14.8. The van der Waals surface area contributed by atoms with Gasteiger partial charge < -0.3 is 5.32 Å². The number of hydrogen-bond acceptors (Lipinski definition) is 1. The van der Waals surface area contributed by atoms with Crippen molar-refractivity contribution >= 4 is 0 Å². The molecule has 1 saturated carbocycles. The maximum Gasteiger partial charge on any atom is 0.0588 e. The predicted molar refractivity (Wildman–Crippen MR) is 93.6 cm³/mol. The number of hydrogen-bond donors (Lipinski definition) is 1. The van der Waals surface area contributed by atoms with E-state index >= 15 is 0 Å². The van der Waals surface area contributed by atoms with Crippen molar-refractivity contribution < 1.29 is 0 Å². The first-order valence-corrected chi connectivity index (χ1v) is 9.80. The van der Waals surface area contributed by atoms with Crippen LogP contribution in [0.5, 0.6) is 0 Å². The average molecular weight is 300 g/mol. The van der Waals surface area contributed by atoms with Crippen molar-refractivity contribution in [2.45, 2.75) is 90.5 Å². The van der Waals surface area contributed by atoms with Crippen LogP contribution in [0.4, 0.5) is 0 Å². The van der Waals surface area contributed by atoms with Gasteiger partial charge in [0.15, 0.2) is 0 Å². The van der Waals surface area contributed by atoms with Gasteiger partial charge in [0.05, 0.1) is 5.54 Å². The van der Waals surface area contributed by atoms with Crippen molar-refractivity contribution in [3.05, 3.63) is 22.4 Å². The highest BCUT2D eigenvalue weighted by molar-refractivity contribution is 5.49. The highest BCUT2D eigenvalue weighted by Crippen LogP contribution is 2.51. The smallest absolute Gasteiger partial charge is 0.0588 e. The predicted octanol–water partition coefficient (Wildman–Crippen LogP) is 5.73. The molecule has 1 aliphatic heterocycles. The Labute approximate surface area is 136 Å². The second-order valence-electron chi connectivity index (χ2n) is 9.00. The van der Waals surface area contributed by atoms with E-state index in [2.05, 4.69) is 26.1 Å². The van der Waals surface area contributed by atoms with Gasteiger partial charge in [0.1, 0.15) is 0 Å². The Morgan fingerprint density at radius 3 is 2.23 bits per heavy atom. The number of fused-ring (bicyclic) bond motifs is 2. The van der Waals surface area contributed by atoms with Gasteiger partial charge in [0.2, 0.25) is 0 Å². The summed E-state index contributed by atoms with van der Waals surface area (Å²) in [6.45, 7) is 7.36. The van der Waals surface area contributed by atoms with E-state index in [1.807, 2.05) is 11.1 Å². The molecule has 4 aliphatic rings. The second kappa shape index (κ2) is 5.42. The Balaban J connectivity index is 1.75. The van der Waals surface area contributed by atoms with Crippen LogP contribution in [0.3, 0.4) is 0 Å². The summed E-state index contributed by atoms with van der Waals surface area (Å²) in [5, 5.41) is 4.15. The van der Waals surface area contributed by atoms with Gasteiger partial charge in [-0.2, -0.15) is 0 Å². The number of allylic oxidation sites excluding steroid dienone is 3. The van der Waals surface area contributed by atoms with Gasteiger partial charge in [-0.1, -0.05) is 20.8 Å². The fraction of sp³-hybridized carbons (Fsp3) is 0.810. The molecular weight excluding hydrogens is 266 g/mol. The molecule has 1 nitrogen and oxygen atoms in total. The lowest BCUT2D eigenvalue weighted by Crippen LogP contribution is -2.53. The molecule has 1 heterocycles. The average Bonchev–Trinajstić information content (AvgIpc) is 2.51. The van der Waals surface area contributed by atoms with Gasteiger partial charge in [-0.3, -0.25) is 0 Å². The highest BCUT2D eigenvalue weighted by Gasteiger charge is 2.44. The van der Waals surface area contributed by atoms with E-state index in [0.717, 1.165) is 17.8 Å². The molecule has 22 heavy (non-hydrogen) atoms. The molecule has 1 spiro atoms. The van der Waals surface area contributed by atoms with Gasteiger partial charge in [0.25, 0.3) is 0 Å². The minimum absolute atomic E-state index is 0.357. The van der Waals surface area contributed by atoms with Crippen molar-refractivity contribution in [3.63, 3.8) is 0 Å². The van der Waals surface area contributed by atoms with Crippen molar-refractivity contribution in [2.75, 3.05) is 0 Å². The number of nitrogens with one attached hydrogen (secondary N) is 1. The summed E-state index contributed by atoms with van der Waals surface area (Å²) in [5.41, 5.74) is 7.44. The van der Waals surface area contributed by atoms with Crippen molar-refractivity contribution in [1.29, 1.82) is 0 Å². The summed E-state index contributed by atoms with van der Waals surface area (Å²) in [5.74, 6) is 2.70. The zero-order chi connectivity index (χ0) is 15.3. The van der Waals surface area contributed by atoms with Crippen molar-refractivity contribution in [3.8, 4) is 0 Å². The molecule has 0 amide bonds. The summed E-state index contributed by atoms with van der Waals surface area (Å²) in [7, 11) is 0. The van der Waals surface area contributed by atoms with Crippen LogP contribution < -0.4 is 5.32 Å². The van der Waals surface area contributed by atoms with Crippen molar-refractivity contribution in [1.82, 2.24) is 5.32 Å². The SMILES string of the molecule is CC1CCC2(CC1)NC1=C(C[C@H](C)CC1)C1=C2C[C@H](C)CC1. The molecule has 1 fully saturated rings. The van der Waals surface area contributed by atoms with Gasteiger partial charge in [-0.15, -0.1) is 0 Å². The van der Waals surface area contributed by atoms with E-state index in [1.54, 1.807) is 11.3 Å². The van der Waals surface area contributed by atoms with Gasteiger partial charge in [-0.05, 0) is 98.7 Å². The molecule has 0 radical (unpaired) electrons. The first kappa shape index (κ1) is 14.8. The summed E-state index contributed by atoms with van der Waals surface area (Å²) in [6.07, 6.45) is 13.8. The Bertz CT molecular complexity index is 516. The molecule has 4 rings (SSSR count). The van der Waals surface area contributed by atoms with Gasteiger partial charge >= 0.3 is 0 Å². The Morgan fingerprint density at radius 1 is 0.773 bits per heavy atom. The molecule has 0 unspecified atom stereocenters. The maximum absolute atomic E-state index is 4.15. The van der Waals surface area contributed by atoms with Crippen LogP contribution in [0.1, 0.15) is 85.0 Å². The summed E-state index contributed by atoms with van der Waals surface area (Å²) in [6, 6.07) is 0. The van der Waals surface area contributed by atoms with Crippen LogP contribution in [-0.2, 0) is 0 Å². The Morgan fingerprint density at radius 2 is 1.45 bits per heavy atom. The standard InChI is InChI=1S/C21H33N/c1-14-8-10-21(11-9-14)19-13-16(3)4-6-17(19)18-12-15(2)5-7-20(18)22-21/h14-16,22H,4-13H2,1-3H3/t14?,15-,16-,21?/m1/s1. The molecule has 2 atom stereocenters.